The lowest BCUT2D eigenvalue weighted by atomic mass is 9.62. The minimum absolute atomic E-state index is 0.0598. The maximum atomic E-state index is 14.9. The number of likely N-dealkylation sites (N-methyl/N-ethyl adjacent to an activating group) is 1. The van der Waals surface area contributed by atoms with Gasteiger partial charge in [0.2, 0.25) is 17.6 Å². The van der Waals surface area contributed by atoms with Crippen molar-refractivity contribution < 1.29 is 43.3 Å². The number of hydrogen-bond donors (Lipinski definition) is 3. The van der Waals surface area contributed by atoms with Crippen LogP contribution >= 0.6 is 0 Å². The average Bonchev–Trinajstić information content (AvgIpc) is 3.81. The third kappa shape index (κ3) is 7.02. The standard InChI is InChI=1S/C44H44N4O9/c1-47(2)35(50)20-19-28-11-9-13-30(23-28)27-48-38-41(52)54-34-25-43(38,42(53)46-26-29-12-10-14-31(24-29)40(51)45-21-22-49)39(57-48)37-36(34)55-44(56-37,32-15-5-3-6-16-32)33-17-7-4-8-18-33/h3-20,23-24,34,36-39,49H,21-22,25-27H2,1-2H3,(H,45,51)(H,46,53)/t34-,36+,37+,38+,39-,43+/m1/s1. The van der Waals surface area contributed by atoms with E-state index >= 15 is 0 Å². The maximum Gasteiger partial charge on any atom is 0.327 e. The van der Waals surface area contributed by atoms with Crippen LogP contribution in [0.5, 0.6) is 0 Å². The molecule has 4 aliphatic rings. The number of ether oxygens (including phenoxy) is 3. The molecule has 1 aliphatic carbocycles. The number of rotatable bonds is 12. The SMILES string of the molecule is CN(C)C(=O)C=Cc1cccc(CN2O[C@@H]3[C@H]4OC(c5ccccc5)(c5ccccc5)O[C@H]4[C@H]4C[C@]3(C(=O)NCc3cccc(C(=O)NCCO)c3)[C@@H]2C(=O)O4)c1. The summed E-state index contributed by atoms with van der Waals surface area (Å²) in [6.07, 6.45) is -0.115. The van der Waals surface area contributed by atoms with Crippen LogP contribution in [0.1, 0.15) is 44.6 Å². The van der Waals surface area contributed by atoms with Gasteiger partial charge in [0, 0.05) is 56.4 Å². The molecule has 8 rings (SSSR count). The molecule has 0 spiro atoms. The van der Waals surface area contributed by atoms with Crippen molar-refractivity contribution in [1.82, 2.24) is 20.6 Å². The van der Waals surface area contributed by atoms with Crippen LogP contribution in [-0.2, 0) is 52.3 Å². The van der Waals surface area contributed by atoms with Crippen LogP contribution in [0.3, 0.4) is 0 Å². The first-order valence-corrected chi connectivity index (χ1v) is 19.0. The molecule has 3 aliphatic heterocycles. The van der Waals surface area contributed by atoms with E-state index < -0.39 is 53.5 Å². The van der Waals surface area contributed by atoms with Gasteiger partial charge in [-0.1, -0.05) is 97.1 Å². The van der Waals surface area contributed by atoms with Gasteiger partial charge in [-0.3, -0.25) is 24.0 Å². The number of aliphatic hydroxyl groups excluding tert-OH is 1. The predicted molar refractivity (Wildman–Crippen MR) is 206 cm³/mol. The molecule has 4 fully saturated rings. The monoisotopic (exact) mass is 772 g/mol. The molecule has 4 aromatic rings. The number of aliphatic hydroxyl groups is 1. The average molecular weight is 773 g/mol. The largest absolute Gasteiger partial charge is 0.458 e. The molecule has 13 nitrogen and oxygen atoms in total. The third-order valence-corrected chi connectivity index (χ3v) is 11.1. The topological polar surface area (TPSA) is 156 Å². The van der Waals surface area contributed by atoms with Crippen molar-refractivity contribution in [1.29, 1.82) is 0 Å². The molecule has 294 valence electrons. The molecule has 3 N–H and O–H groups in total. The molecule has 1 saturated carbocycles. The first kappa shape index (κ1) is 38.2. The minimum Gasteiger partial charge on any atom is -0.458 e. The Labute approximate surface area is 330 Å². The van der Waals surface area contributed by atoms with Gasteiger partial charge in [-0.05, 0) is 34.9 Å². The molecular formula is C44H44N4O9. The van der Waals surface area contributed by atoms with Crippen molar-refractivity contribution in [2.75, 3.05) is 27.2 Å². The summed E-state index contributed by atoms with van der Waals surface area (Å²) in [7, 11) is 3.36. The summed E-state index contributed by atoms with van der Waals surface area (Å²) in [5, 5.41) is 16.4. The van der Waals surface area contributed by atoms with E-state index in [0.29, 0.717) is 11.1 Å². The fourth-order valence-corrected chi connectivity index (χ4v) is 8.42. The van der Waals surface area contributed by atoms with Crippen molar-refractivity contribution in [2.45, 2.75) is 55.8 Å². The van der Waals surface area contributed by atoms with E-state index in [-0.39, 0.29) is 44.5 Å². The van der Waals surface area contributed by atoms with Gasteiger partial charge in [-0.2, -0.15) is 5.06 Å². The van der Waals surface area contributed by atoms with Crippen molar-refractivity contribution in [2.24, 2.45) is 5.41 Å². The van der Waals surface area contributed by atoms with Gasteiger partial charge >= 0.3 is 5.97 Å². The number of esters is 1. The number of hydrogen-bond acceptors (Lipinski definition) is 10. The first-order chi connectivity index (χ1) is 27.6. The second-order valence-electron chi connectivity index (χ2n) is 14.9. The number of amides is 3. The second kappa shape index (κ2) is 15.7. The zero-order valence-corrected chi connectivity index (χ0v) is 31.6. The van der Waals surface area contributed by atoms with Crippen LogP contribution in [0.4, 0.5) is 0 Å². The molecule has 0 radical (unpaired) electrons. The number of hydroxylamine groups is 2. The number of carbonyl (C=O) groups is 4. The van der Waals surface area contributed by atoms with E-state index in [4.69, 9.17) is 24.2 Å². The van der Waals surface area contributed by atoms with Crippen molar-refractivity contribution in [3.05, 3.63) is 149 Å². The van der Waals surface area contributed by atoms with Crippen LogP contribution in [0.2, 0.25) is 0 Å². The van der Waals surface area contributed by atoms with Crippen LogP contribution in [0.15, 0.2) is 115 Å². The Morgan fingerprint density at radius 1 is 0.860 bits per heavy atom. The van der Waals surface area contributed by atoms with E-state index in [1.54, 1.807) is 44.4 Å². The van der Waals surface area contributed by atoms with Crippen molar-refractivity contribution in [3.8, 4) is 0 Å². The lowest BCUT2D eigenvalue weighted by Crippen LogP contribution is -2.69. The van der Waals surface area contributed by atoms with E-state index in [9.17, 15) is 19.2 Å². The maximum absolute atomic E-state index is 14.9. The Morgan fingerprint density at radius 2 is 1.54 bits per heavy atom. The van der Waals surface area contributed by atoms with Gasteiger partial charge in [0.25, 0.3) is 5.91 Å². The van der Waals surface area contributed by atoms with Crippen LogP contribution in [0, 0.1) is 5.41 Å². The Morgan fingerprint density at radius 3 is 2.25 bits per heavy atom. The highest BCUT2D eigenvalue weighted by Crippen LogP contribution is 2.59. The lowest BCUT2D eigenvalue weighted by Gasteiger charge is -2.48. The molecule has 3 heterocycles. The van der Waals surface area contributed by atoms with Crippen LogP contribution in [0.25, 0.3) is 6.08 Å². The fourth-order valence-electron chi connectivity index (χ4n) is 8.42. The summed E-state index contributed by atoms with van der Waals surface area (Å²) in [5.74, 6) is -2.94. The number of carbonyl (C=O) groups excluding carboxylic acids is 4. The summed E-state index contributed by atoms with van der Waals surface area (Å²) < 4.78 is 20.2. The van der Waals surface area contributed by atoms with Gasteiger partial charge in [-0.15, -0.1) is 0 Å². The molecule has 3 saturated heterocycles. The minimum atomic E-state index is -1.46. The third-order valence-electron chi connectivity index (χ3n) is 11.1. The molecule has 2 bridgehead atoms. The zero-order chi connectivity index (χ0) is 39.7. The molecule has 6 atom stereocenters. The van der Waals surface area contributed by atoms with Gasteiger partial charge in [0.05, 0.1) is 13.2 Å². The molecule has 4 aromatic carbocycles. The van der Waals surface area contributed by atoms with Crippen molar-refractivity contribution >= 4 is 29.8 Å². The first-order valence-electron chi connectivity index (χ1n) is 19.0. The van der Waals surface area contributed by atoms with Crippen LogP contribution < -0.4 is 10.6 Å². The smallest absolute Gasteiger partial charge is 0.327 e. The van der Waals surface area contributed by atoms with Gasteiger partial charge < -0.3 is 34.9 Å². The lowest BCUT2D eigenvalue weighted by molar-refractivity contribution is -0.213. The summed E-state index contributed by atoms with van der Waals surface area (Å²) >= 11 is 0. The Kier molecular flexibility index (Phi) is 10.5. The second-order valence-corrected chi connectivity index (χ2v) is 14.9. The normalized spacial score (nSPS) is 25.7. The predicted octanol–water partition coefficient (Wildman–Crippen LogP) is 3.31. The van der Waals surface area contributed by atoms with Gasteiger partial charge in [0.15, 0.2) is 6.04 Å². The molecule has 57 heavy (non-hydrogen) atoms. The van der Waals surface area contributed by atoms with E-state index in [0.717, 1.165) is 22.3 Å². The van der Waals surface area contributed by atoms with E-state index in [1.165, 1.54) is 16.0 Å². The van der Waals surface area contributed by atoms with Gasteiger partial charge in [0.1, 0.15) is 29.8 Å². The molecule has 0 aromatic heterocycles. The number of nitrogens with zero attached hydrogens (tertiary/aromatic N) is 2. The molecular weight excluding hydrogens is 729 g/mol. The summed E-state index contributed by atoms with van der Waals surface area (Å²) in [5.41, 5.74) is 2.60. The number of nitrogens with one attached hydrogen (secondary N) is 2. The number of benzene rings is 4. The summed E-state index contributed by atoms with van der Waals surface area (Å²) in [4.78, 5) is 62.4. The Hall–Kier alpha value is -5.70. The van der Waals surface area contributed by atoms with Crippen LogP contribution in [-0.4, -0.2) is 96.5 Å². The summed E-state index contributed by atoms with van der Waals surface area (Å²) in [6, 6.07) is 32.3. The van der Waals surface area contributed by atoms with E-state index in [2.05, 4.69) is 10.6 Å². The summed E-state index contributed by atoms with van der Waals surface area (Å²) in [6.45, 7) is 0.0955. The van der Waals surface area contributed by atoms with E-state index in [1.807, 2.05) is 84.9 Å². The fraction of sp³-hybridized carbons (Fsp3) is 0.318. The molecule has 13 heteroatoms. The number of fused-ring (bicyclic) bond motifs is 4. The van der Waals surface area contributed by atoms with Crippen molar-refractivity contribution in [3.63, 3.8) is 0 Å². The highest BCUT2D eigenvalue weighted by atomic mass is 16.8. The van der Waals surface area contributed by atoms with Gasteiger partial charge in [-0.25, -0.2) is 0 Å². The quantitative estimate of drug-likeness (QED) is 0.144. The molecule has 0 unspecified atom stereocenters. The Bertz CT molecular complexity index is 2140. The Balaban J connectivity index is 1.15. The molecule has 3 amide bonds. The highest BCUT2D eigenvalue weighted by Gasteiger charge is 2.76. The highest BCUT2D eigenvalue weighted by molar-refractivity contribution is 5.95. The zero-order valence-electron chi connectivity index (χ0n) is 31.6.